The molecular weight excluding hydrogens is 196 g/mol. The van der Waals surface area contributed by atoms with Gasteiger partial charge in [0.05, 0.1) is 0 Å². The molecule has 1 amide bonds. The van der Waals surface area contributed by atoms with Crippen LogP contribution in [0.2, 0.25) is 0 Å². The summed E-state index contributed by atoms with van der Waals surface area (Å²) in [6, 6.07) is 0.0473. The van der Waals surface area contributed by atoms with E-state index in [4.69, 9.17) is 5.11 Å². The number of likely N-dealkylation sites (tertiary alicyclic amines) is 1. The second-order valence-electron chi connectivity index (χ2n) is 5.13. The lowest BCUT2D eigenvalue weighted by Crippen LogP contribution is -2.48. The standard InChI is InChI=1S/C10H20N2O3/c1-10(2,3)11-8-5-12(9(14)15)4-7(8)6-13/h7-8,11,13H,4-6H2,1-3H3,(H,14,15)/t7-,8-/m0/s1. The molecule has 0 spiro atoms. The van der Waals surface area contributed by atoms with E-state index in [1.165, 1.54) is 4.90 Å². The molecule has 2 atom stereocenters. The maximum absolute atomic E-state index is 10.8. The molecule has 0 bridgehead atoms. The van der Waals surface area contributed by atoms with Crippen molar-refractivity contribution < 1.29 is 15.0 Å². The molecule has 1 heterocycles. The van der Waals surface area contributed by atoms with Crippen LogP contribution in [-0.2, 0) is 0 Å². The largest absolute Gasteiger partial charge is 0.465 e. The van der Waals surface area contributed by atoms with Crippen molar-refractivity contribution in [2.24, 2.45) is 5.92 Å². The van der Waals surface area contributed by atoms with Crippen LogP contribution in [0.1, 0.15) is 20.8 Å². The Morgan fingerprint density at radius 3 is 2.47 bits per heavy atom. The SMILES string of the molecule is CC(C)(C)N[C@H]1CN(C(=O)O)C[C@H]1CO. The van der Waals surface area contributed by atoms with Gasteiger partial charge in [-0.05, 0) is 20.8 Å². The molecule has 1 fully saturated rings. The van der Waals surface area contributed by atoms with Crippen molar-refractivity contribution in [1.82, 2.24) is 10.2 Å². The van der Waals surface area contributed by atoms with Crippen LogP contribution >= 0.6 is 0 Å². The minimum Gasteiger partial charge on any atom is -0.465 e. The molecule has 1 rings (SSSR count). The van der Waals surface area contributed by atoms with Crippen molar-refractivity contribution in [2.75, 3.05) is 19.7 Å². The first-order chi connectivity index (χ1) is 6.83. The Balaban J connectivity index is 2.60. The molecule has 0 radical (unpaired) electrons. The van der Waals surface area contributed by atoms with E-state index in [0.717, 1.165) is 0 Å². The van der Waals surface area contributed by atoms with Crippen LogP contribution in [0, 0.1) is 5.92 Å². The van der Waals surface area contributed by atoms with Gasteiger partial charge in [0.1, 0.15) is 0 Å². The summed E-state index contributed by atoms with van der Waals surface area (Å²) in [5.41, 5.74) is -0.0629. The molecule has 0 aliphatic carbocycles. The van der Waals surface area contributed by atoms with Crippen molar-refractivity contribution in [2.45, 2.75) is 32.4 Å². The zero-order valence-electron chi connectivity index (χ0n) is 9.53. The average molecular weight is 216 g/mol. The van der Waals surface area contributed by atoms with E-state index in [9.17, 15) is 9.90 Å². The van der Waals surface area contributed by atoms with Crippen LogP contribution < -0.4 is 5.32 Å². The van der Waals surface area contributed by atoms with Crippen molar-refractivity contribution >= 4 is 6.09 Å². The molecule has 1 saturated heterocycles. The number of hydrogen-bond donors (Lipinski definition) is 3. The molecule has 0 unspecified atom stereocenters. The van der Waals surface area contributed by atoms with Gasteiger partial charge in [0.25, 0.3) is 0 Å². The van der Waals surface area contributed by atoms with Gasteiger partial charge < -0.3 is 20.4 Å². The minimum atomic E-state index is -0.911. The molecule has 1 aliphatic heterocycles. The normalized spacial score (nSPS) is 27.1. The Labute approximate surface area is 90.1 Å². The number of rotatable bonds is 2. The summed E-state index contributed by atoms with van der Waals surface area (Å²) in [6.45, 7) is 7.00. The van der Waals surface area contributed by atoms with Gasteiger partial charge in [-0.1, -0.05) is 0 Å². The number of carboxylic acid groups (broad SMARTS) is 1. The van der Waals surface area contributed by atoms with Crippen LogP contribution in [0.5, 0.6) is 0 Å². The summed E-state index contributed by atoms with van der Waals surface area (Å²) in [5.74, 6) is 0.000301. The van der Waals surface area contributed by atoms with Gasteiger partial charge in [0.2, 0.25) is 0 Å². The first-order valence-electron chi connectivity index (χ1n) is 5.20. The molecule has 0 saturated carbocycles. The van der Waals surface area contributed by atoms with Gasteiger partial charge in [-0.15, -0.1) is 0 Å². The molecule has 3 N–H and O–H groups in total. The quantitative estimate of drug-likeness (QED) is 0.622. The van der Waals surface area contributed by atoms with Crippen LogP contribution in [0.15, 0.2) is 0 Å². The lowest BCUT2D eigenvalue weighted by atomic mass is 10.0. The molecule has 0 aromatic carbocycles. The van der Waals surface area contributed by atoms with E-state index < -0.39 is 6.09 Å². The Hall–Kier alpha value is -0.810. The highest BCUT2D eigenvalue weighted by Crippen LogP contribution is 2.19. The molecule has 5 nitrogen and oxygen atoms in total. The molecule has 0 aromatic heterocycles. The summed E-state index contributed by atoms with van der Waals surface area (Å²) in [7, 11) is 0. The Morgan fingerprint density at radius 1 is 1.47 bits per heavy atom. The lowest BCUT2D eigenvalue weighted by molar-refractivity contribution is 0.150. The zero-order valence-corrected chi connectivity index (χ0v) is 9.53. The highest BCUT2D eigenvalue weighted by molar-refractivity contribution is 5.65. The predicted molar refractivity (Wildman–Crippen MR) is 56.9 cm³/mol. The topological polar surface area (TPSA) is 72.8 Å². The van der Waals surface area contributed by atoms with Gasteiger partial charge in [-0.3, -0.25) is 0 Å². The predicted octanol–water partition coefficient (Wildman–Crippen LogP) is 0.345. The molecule has 1 aliphatic rings. The fraction of sp³-hybridized carbons (Fsp3) is 0.900. The monoisotopic (exact) mass is 216 g/mol. The third-order valence-electron chi connectivity index (χ3n) is 2.56. The first kappa shape index (κ1) is 12.3. The third kappa shape index (κ3) is 3.35. The van der Waals surface area contributed by atoms with Gasteiger partial charge in [0, 0.05) is 37.2 Å². The number of aliphatic hydroxyl groups excluding tert-OH is 1. The van der Waals surface area contributed by atoms with Gasteiger partial charge >= 0.3 is 6.09 Å². The van der Waals surface area contributed by atoms with E-state index in [2.05, 4.69) is 5.32 Å². The second-order valence-corrected chi connectivity index (χ2v) is 5.13. The number of hydrogen-bond acceptors (Lipinski definition) is 3. The van der Waals surface area contributed by atoms with Crippen LogP contribution in [0.25, 0.3) is 0 Å². The molecule has 15 heavy (non-hydrogen) atoms. The van der Waals surface area contributed by atoms with Gasteiger partial charge in [0.15, 0.2) is 0 Å². The second kappa shape index (κ2) is 4.37. The summed E-state index contributed by atoms with van der Waals surface area (Å²) in [4.78, 5) is 12.1. The number of nitrogens with one attached hydrogen (secondary N) is 1. The average Bonchev–Trinajstić information content (AvgIpc) is 2.44. The van der Waals surface area contributed by atoms with E-state index in [1.54, 1.807) is 0 Å². The van der Waals surface area contributed by atoms with Crippen molar-refractivity contribution in [3.05, 3.63) is 0 Å². The van der Waals surface area contributed by atoms with Crippen molar-refractivity contribution in [3.8, 4) is 0 Å². The third-order valence-corrected chi connectivity index (χ3v) is 2.56. The van der Waals surface area contributed by atoms with Crippen LogP contribution in [0.3, 0.4) is 0 Å². The number of carbonyl (C=O) groups is 1. The summed E-state index contributed by atoms with van der Waals surface area (Å²) < 4.78 is 0. The summed E-state index contributed by atoms with van der Waals surface area (Å²) >= 11 is 0. The van der Waals surface area contributed by atoms with E-state index in [0.29, 0.717) is 13.1 Å². The van der Waals surface area contributed by atoms with Crippen LogP contribution in [-0.4, -0.2) is 52.5 Å². The Kier molecular flexibility index (Phi) is 3.57. The van der Waals surface area contributed by atoms with Gasteiger partial charge in [-0.25, -0.2) is 4.79 Å². The number of nitrogens with zero attached hydrogens (tertiary/aromatic N) is 1. The summed E-state index contributed by atoms with van der Waals surface area (Å²) in [5, 5.41) is 21.4. The van der Waals surface area contributed by atoms with Crippen LogP contribution in [0.4, 0.5) is 4.79 Å². The smallest absolute Gasteiger partial charge is 0.407 e. The molecule has 88 valence electrons. The molecular formula is C10H20N2O3. The highest BCUT2D eigenvalue weighted by atomic mass is 16.4. The van der Waals surface area contributed by atoms with Crippen molar-refractivity contribution in [3.63, 3.8) is 0 Å². The Morgan fingerprint density at radius 2 is 2.07 bits per heavy atom. The number of aliphatic hydroxyl groups is 1. The zero-order chi connectivity index (χ0) is 11.6. The molecule has 5 heteroatoms. The summed E-state index contributed by atoms with van der Waals surface area (Å²) in [6.07, 6.45) is -0.911. The van der Waals surface area contributed by atoms with Crippen molar-refractivity contribution in [1.29, 1.82) is 0 Å². The fourth-order valence-electron chi connectivity index (χ4n) is 1.93. The Bertz CT molecular complexity index is 237. The maximum Gasteiger partial charge on any atom is 0.407 e. The van der Waals surface area contributed by atoms with E-state index in [1.807, 2.05) is 20.8 Å². The molecule has 0 aromatic rings. The minimum absolute atomic E-state index is 0.000301. The van der Waals surface area contributed by atoms with Gasteiger partial charge in [-0.2, -0.15) is 0 Å². The first-order valence-corrected chi connectivity index (χ1v) is 5.20. The fourth-order valence-corrected chi connectivity index (χ4v) is 1.93. The van der Waals surface area contributed by atoms with E-state index in [-0.39, 0.29) is 24.1 Å². The lowest BCUT2D eigenvalue weighted by Gasteiger charge is -2.28. The van der Waals surface area contributed by atoms with E-state index >= 15 is 0 Å². The highest BCUT2D eigenvalue weighted by Gasteiger charge is 2.36. The number of amides is 1. The maximum atomic E-state index is 10.8.